The molecule has 1 saturated heterocycles. The van der Waals surface area contributed by atoms with Crippen LogP contribution in [0.1, 0.15) is 12.8 Å². The Bertz CT molecular complexity index is 848. The minimum atomic E-state index is -0.222. The van der Waals surface area contributed by atoms with Gasteiger partial charge in [-0.3, -0.25) is 0 Å². The Morgan fingerprint density at radius 2 is 1.67 bits per heavy atom. The number of halogens is 1. The van der Waals surface area contributed by atoms with Gasteiger partial charge in [0.05, 0.1) is 11.0 Å². The molecule has 0 saturated carbocycles. The molecular weight excluding hydrogens is 303 g/mol. The highest BCUT2D eigenvalue weighted by Crippen LogP contribution is 2.26. The first-order chi connectivity index (χ1) is 11.7. The number of likely N-dealkylation sites (tertiary alicyclic amines) is 1. The molecule has 0 bridgehead atoms. The van der Waals surface area contributed by atoms with E-state index in [2.05, 4.69) is 20.5 Å². The van der Waals surface area contributed by atoms with E-state index in [1.54, 1.807) is 12.1 Å². The van der Waals surface area contributed by atoms with Gasteiger partial charge in [0.25, 0.3) is 0 Å². The van der Waals surface area contributed by atoms with E-state index in [1.165, 1.54) is 38.1 Å². The summed E-state index contributed by atoms with van der Waals surface area (Å²) < 4.78 is 15.2. The lowest BCUT2D eigenvalue weighted by atomic mass is 10.1. The molecule has 24 heavy (non-hydrogen) atoms. The van der Waals surface area contributed by atoms with Crippen LogP contribution in [0.5, 0.6) is 0 Å². The molecule has 0 atom stereocenters. The number of benzene rings is 2. The summed E-state index contributed by atoms with van der Waals surface area (Å²) in [5.74, 6) is 0.334. The van der Waals surface area contributed by atoms with E-state index < -0.39 is 0 Å². The van der Waals surface area contributed by atoms with Crippen molar-refractivity contribution in [1.82, 2.24) is 14.5 Å². The van der Waals surface area contributed by atoms with E-state index in [4.69, 9.17) is 5.73 Å². The molecule has 0 amide bonds. The molecule has 3 aromatic rings. The summed E-state index contributed by atoms with van der Waals surface area (Å²) in [5, 5.41) is 0. The van der Waals surface area contributed by atoms with Gasteiger partial charge in [0, 0.05) is 13.1 Å². The minimum absolute atomic E-state index is 0.222. The molecule has 1 aromatic heterocycles. The third-order valence-corrected chi connectivity index (χ3v) is 4.79. The molecule has 0 unspecified atom stereocenters. The largest absolute Gasteiger partial charge is 0.369 e. The molecule has 2 aromatic carbocycles. The lowest BCUT2D eigenvalue weighted by Crippen LogP contribution is -2.24. The van der Waals surface area contributed by atoms with Gasteiger partial charge in [-0.2, -0.15) is 0 Å². The minimum Gasteiger partial charge on any atom is -0.369 e. The molecule has 5 heteroatoms. The molecular formula is C19H21FN4. The third-order valence-electron chi connectivity index (χ3n) is 4.79. The molecule has 0 spiro atoms. The zero-order valence-electron chi connectivity index (χ0n) is 13.6. The van der Waals surface area contributed by atoms with Crippen LogP contribution in [0.3, 0.4) is 0 Å². The van der Waals surface area contributed by atoms with E-state index in [0.29, 0.717) is 5.95 Å². The molecule has 1 aliphatic rings. The average Bonchev–Trinajstić information content (AvgIpc) is 3.20. The fraction of sp³-hybridized carbons (Fsp3) is 0.316. The van der Waals surface area contributed by atoms with Crippen molar-refractivity contribution < 1.29 is 4.39 Å². The van der Waals surface area contributed by atoms with Crippen LogP contribution < -0.4 is 5.73 Å². The van der Waals surface area contributed by atoms with Crippen LogP contribution in [-0.2, 0) is 6.54 Å². The second kappa shape index (κ2) is 6.24. The summed E-state index contributed by atoms with van der Waals surface area (Å²) >= 11 is 0. The quantitative estimate of drug-likeness (QED) is 0.799. The van der Waals surface area contributed by atoms with Crippen molar-refractivity contribution >= 4 is 17.0 Å². The Balaban J connectivity index is 1.66. The number of hydrogen-bond acceptors (Lipinski definition) is 3. The van der Waals surface area contributed by atoms with E-state index in [-0.39, 0.29) is 5.82 Å². The summed E-state index contributed by atoms with van der Waals surface area (Å²) in [5.41, 5.74) is 10.1. The maximum Gasteiger partial charge on any atom is 0.201 e. The van der Waals surface area contributed by atoms with Crippen molar-refractivity contribution in [2.75, 3.05) is 25.4 Å². The summed E-state index contributed by atoms with van der Waals surface area (Å²) in [6, 6.07) is 12.6. The Morgan fingerprint density at radius 3 is 2.42 bits per heavy atom. The lowest BCUT2D eigenvalue weighted by molar-refractivity contribution is 0.325. The van der Waals surface area contributed by atoms with Crippen LogP contribution in [0.4, 0.5) is 10.3 Å². The smallest absolute Gasteiger partial charge is 0.201 e. The average molecular weight is 324 g/mol. The number of rotatable bonds is 4. The number of fused-ring (bicyclic) bond motifs is 1. The molecule has 2 N–H and O–H groups in total. The van der Waals surface area contributed by atoms with Crippen molar-refractivity contribution in [3.8, 4) is 11.1 Å². The fourth-order valence-corrected chi connectivity index (χ4v) is 3.45. The molecule has 1 aliphatic heterocycles. The first-order valence-electron chi connectivity index (χ1n) is 8.45. The van der Waals surface area contributed by atoms with Gasteiger partial charge in [-0.05, 0) is 61.3 Å². The predicted molar refractivity (Wildman–Crippen MR) is 95.2 cm³/mol. The molecule has 4 rings (SSSR count). The SMILES string of the molecule is Nc1nc2ccc(-c3ccc(F)cc3)cc2n1CCN1CCCC1. The fourth-order valence-electron chi connectivity index (χ4n) is 3.45. The van der Waals surface area contributed by atoms with Crippen LogP contribution in [0.25, 0.3) is 22.2 Å². The maximum atomic E-state index is 13.1. The Hall–Kier alpha value is -2.40. The lowest BCUT2D eigenvalue weighted by Gasteiger charge is -2.15. The highest BCUT2D eigenvalue weighted by molar-refractivity contribution is 5.84. The van der Waals surface area contributed by atoms with Gasteiger partial charge in [-0.15, -0.1) is 0 Å². The molecule has 4 nitrogen and oxygen atoms in total. The standard InChI is InChI=1S/C19H21FN4/c20-16-6-3-14(4-7-16)15-5-8-17-18(13-15)24(19(21)22-17)12-11-23-9-1-2-10-23/h3-8,13H,1-2,9-12H2,(H2,21,22). The van der Waals surface area contributed by atoms with Crippen molar-refractivity contribution in [2.24, 2.45) is 0 Å². The third kappa shape index (κ3) is 2.87. The number of hydrogen-bond donors (Lipinski definition) is 1. The van der Waals surface area contributed by atoms with Crippen LogP contribution in [0, 0.1) is 5.82 Å². The highest BCUT2D eigenvalue weighted by atomic mass is 19.1. The number of anilines is 1. The number of nitrogens with zero attached hydrogens (tertiary/aromatic N) is 3. The molecule has 124 valence electrons. The predicted octanol–water partition coefficient (Wildman–Crippen LogP) is 3.52. The number of aromatic nitrogens is 2. The zero-order chi connectivity index (χ0) is 16.5. The Kier molecular flexibility index (Phi) is 3.94. The van der Waals surface area contributed by atoms with Crippen LogP contribution in [0.15, 0.2) is 42.5 Å². The van der Waals surface area contributed by atoms with Crippen LogP contribution in [-0.4, -0.2) is 34.1 Å². The Labute approximate surface area is 140 Å². The molecule has 1 fully saturated rings. The first-order valence-corrected chi connectivity index (χ1v) is 8.45. The zero-order valence-corrected chi connectivity index (χ0v) is 13.6. The van der Waals surface area contributed by atoms with Crippen molar-refractivity contribution in [3.63, 3.8) is 0 Å². The summed E-state index contributed by atoms with van der Waals surface area (Å²) in [6.45, 7) is 4.19. The highest BCUT2D eigenvalue weighted by Gasteiger charge is 2.14. The monoisotopic (exact) mass is 324 g/mol. The second-order valence-electron chi connectivity index (χ2n) is 6.38. The van der Waals surface area contributed by atoms with Crippen molar-refractivity contribution in [3.05, 3.63) is 48.3 Å². The van der Waals surface area contributed by atoms with Crippen molar-refractivity contribution in [1.29, 1.82) is 0 Å². The number of imidazole rings is 1. The maximum absolute atomic E-state index is 13.1. The van der Waals surface area contributed by atoms with Crippen LogP contribution >= 0.6 is 0 Å². The van der Waals surface area contributed by atoms with Crippen LogP contribution in [0.2, 0.25) is 0 Å². The molecule has 2 heterocycles. The summed E-state index contributed by atoms with van der Waals surface area (Å²) in [6.07, 6.45) is 2.57. The van der Waals surface area contributed by atoms with Gasteiger partial charge >= 0.3 is 0 Å². The summed E-state index contributed by atoms with van der Waals surface area (Å²) in [4.78, 5) is 6.94. The molecule has 0 radical (unpaired) electrons. The summed E-state index contributed by atoms with van der Waals surface area (Å²) in [7, 11) is 0. The van der Waals surface area contributed by atoms with E-state index in [1.807, 2.05) is 12.1 Å². The first kappa shape index (κ1) is 15.1. The number of nitrogens with two attached hydrogens (primary N) is 1. The van der Waals surface area contributed by atoms with E-state index >= 15 is 0 Å². The van der Waals surface area contributed by atoms with Gasteiger partial charge in [0.15, 0.2) is 0 Å². The normalized spacial score (nSPS) is 15.4. The topological polar surface area (TPSA) is 47.1 Å². The van der Waals surface area contributed by atoms with Gasteiger partial charge in [-0.25, -0.2) is 9.37 Å². The van der Waals surface area contributed by atoms with E-state index in [0.717, 1.165) is 35.2 Å². The number of nitrogen functional groups attached to an aromatic ring is 1. The van der Waals surface area contributed by atoms with Crippen molar-refractivity contribution in [2.45, 2.75) is 19.4 Å². The van der Waals surface area contributed by atoms with Gasteiger partial charge in [0.1, 0.15) is 5.82 Å². The van der Waals surface area contributed by atoms with Gasteiger partial charge in [-0.1, -0.05) is 18.2 Å². The van der Waals surface area contributed by atoms with Gasteiger partial charge in [0.2, 0.25) is 5.95 Å². The molecule has 0 aliphatic carbocycles. The second-order valence-corrected chi connectivity index (χ2v) is 6.38. The van der Waals surface area contributed by atoms with Gasteiger partial charge < -0.3 is 15.2 Å². The Morgan fingerprint density at radius 1 is 0.958 bits per heavy atom. The van der Waals surface area contributed by atoms with E-state index in [9.17, 15) is 4.39 Å².